The average Bonchev–Trinajstić information content (AvgIpc) is 2.87. The molecule has 3 heteroatoms. The summed E-state index contributed by atoms with van der Waals surface area (Å²) in [6.45, 7) is 0. The Morgan fingerprint density at radius 3 is 2.79 bits per heavy atom. The molecule has 0 spiro atoms. The van der Waals surface area contributed by atoms with E-state index in [1.165, 1.54) is 22.0 Å². The normalized spacial score (nSPS) is 18.2. The average molecular weight is 322 g/mol. The van der Waals surface area contributed by atoms with Crippen LogP contribution in [0.3, 0.4) is 0 Å². The molecule has 0 aromatic heterocycles. The molecule has 0 saturated heterocycles. The fraction of sp³-hybridized carbons (Fsp3) is 0.455. The van der Waals surface area contributed by atoms with Crippen molar-refractivity contribution in [1.82, 2.24) is 0 Å². The first kappa shape index (κ1) is 10.7. The molecule has 2 rings (SSSR count). The highest BCUT2D eigenvalue weighted by molar-refractivity contribution is 14.1. The van der Waals surface area contributed by atoms with E-state index in [9.17, 15) is 0 Å². The molecule has 1 aliphatic rings. The largest absolute Gasteiger partial charge is 0.324 e. The van der Waals surface area contributed by atoms with Crippen LogP contribution in [0, 0.1) is 9.49 Å². The second kappa shape index (κ2) is 4.37. The van der Waals surface area contributed by atoms with Gasteiger partial charge in [-0.25, -0.2) is 0 Å². The van der Waals surface area contributed by atoms with Crippen molar-refractivity contribution in [3.63, 3.8) is 0 Å². The van der Waals surface area contributed by atoms with Crippen molar-refractivity contribution in [3.05, 3.63) is 32.4 Å². The van der Waals surface area contributed by atoms with E-state index in [-0.39, 0.29) is 6.04 Å². The fourth-order valence-electron chi connectivity index (χ4n) is 1.64. The van der Waals surface area contributed by atoms with Crippen molar-refractivity contribution in [2.24, 2.45) is 11.7 Å². The van der Waals surface area contributed by atoms with Crippen molar-refractivity contribution in [2.75, 3.05) is 0 Å². The summed E-state index contributed by atoms with van der Waals surface area (Å²) in [5.74, 6) is 0.872. The van der Waals surface area contributed by atoms with Crippen molar-refractivity contribution < 1.29 is 0 Å². The molecule has 76 valence electrons. The zero-order valence-corrected chi connectivity index (χ0v) is 10.8. The fourth-order valence-corrected chi connectivity index (χ4v) is 2.91. The maximum absolute atomic E-state index is 6.14. The molecule has 0 bridgehead atoms. The second-order valence-corrected chi connectivity index (χ2v) is 5.55. The molecule has 1 aromatic rings. The topological polar surface area (TPSA) is 26.0 Å². The van der Waals surface area contributed by atoms with Crippen LogP contribution in [0.4, 0.5) is 0 Å². The third kappa shape index (κ3) is 2.61. The van der Waals surface area contributed by atoms with Crippen LogP contribution in [0.5, 0.6) is 0 Å². The summed E-state index contributed by atoms with van der Waals surface area (Å²) in [6, 6.07) is 6.14. The number of nitrogens with two attached hydrogens (primary N) is 1. The molecule has 1 saturated carbocycles. The van der Waals surface area contributed by atoms with Gasteiger partial charge in [0, 0.05) is 14.6 Å². The number of rotatable bonds is 3. The SMILES string of the molecule is N[C@H](CC1CC1)c1ccc(Cl)cc1I. The van der Waals surface area contributed by atoms with Gasteiger partial charge in [-0.15, -0.1) is 0 Å². The molecular formula is C11H13ClIN. The highest BCUT2D eigenvalue weighted by atomic mass is 127. The first-order valence-electron chi connectivity index (χ1n) is 4.87. The molecule has 1 nitrogen and oxygen atoms in total. The van der Waals surface area contributed by atoms with Gasteiger partial charge in [0.15, 0.2) is 0 Å². The lowest BCUT2D eigenvalue weighted by molar-refractivity contribution is 0.595. The third-order valence-corrected chi connectivity index (χ3v) is 3.82. The van der Waals surface area contributed by atoms with Crippen molar-refractivity contribution >= 4 is 34.2 Å². The molecule has 1 fully saturated rings. The van der Waals surface area contributed by atoms with Crippen LogP contribution in [0.2, 0.25) is 5.02 Å². The Kier molecular flexibility index (Phi) is 3.34. The van der Waals surface area contributed by atoms with Gasteiger partial charge in [0.2, 0.25) is 0 Å². The van der Waals surface area contributed by atoms with Gasteiger partial charge in [-0.3, -0.25) is 0 Å². The van der Waals surface area contributed by atoms with Crippen LogP contribution in [0.1, 0.15) is 30.9 Å². The Morgan fingerprint density at radius 2 is 2.21 bits per heavy atom. The van der Waals surface area contributed by atoms with E-state index in [1.807, 2.05) is 12.1 Å². The molecule has 0 unspecified atom stereocenters. The lowest BCUT2D eigenvalue weighted by Crippen LogP contribution is -2.12. The van der Waals surface area contributed by atoms with Crippen LogP contribution in [0.15, 0.2) is 18.2 Å². The molecule has 14 heavy (non-hydrogen) atoms. The quantitative estimate of drug-likeness (QED) is 0.843. The van der Waals surface area contributed by atoms with E-state index in [1.54, 1.807) is 0 Å². The highest BCUT2D eigenvalue weighted by Crippen LogP contribution is 2.37. The Bertz CT molecular complexity index is 336. The van der Waals surface area contributed by atoms with E-state index in [0.29, 0.717) is 0 Å². The first-order valence-corrected chi connectivity index (χ1v) is 6.33. The summed E-state index contributed by atoms with van der Waals surface area (Å²) >= 11 is 8.20. The van der Waals surface area contributed by atoms with Crippen molar-refractivity contribution in [2.45, 2.75) is 25.3 Å². The standard InChI is InChI=1S/C11H13ClIN/c12-8-3-4-9(10(13)6-8)11(14)5-7-1-2-7/h3-4,6-7,11H,1-2,5,14H2/t11-/m1/s1. The van der Waals surface area contributed by atoms with E-state index in [4.69, 9.17) is 17.3 Å². The van der Waals surface area contributed by atoms with Crippen LogP contribution in [-0.2, 0) is 0 Å². The lowest BCUT2D eigenvalue weighted by atomic mass is 10.0. The van der Waals surface area contributed by atoms with Gasteiger partial charge < -0.3 is 5.73 Å². The van der Waals surface area contributed by atoms with Gasteiger partial charge in [-0.1, -0.05) is 30.5 Å². The van der Waals surface area contributed by atoms with Crippen molar-refractivity contribution in [3.8, 4) is 0 Å². The summed E-state index contributed by atoms with van der Waals surface area (Å²) < 4.78 is 1.18. The molecule has 1 atom stereocenters. The molecule has 2 N–H and O–H groups in total. The zero-order valence-electron chi connectivity index (χ0n) is 7.84. The van der Waals surface area contributed by atoms with E-state index >= 15 is 0 Å². The summed E-state index contributed by atoms with van der Waals surface area (Å²) in [4.78, 5) is 0. The highest BCUT2D eigenvalue weighted by Gasteiger charge is 2.25. The molecular weight excluding hydrogens is 308 g/mol. The minimum atomic E-state index is 0.187. The number of hydrogen-bond acceptors (Lipinski definition) is 1. The molecule has 1 aromatic carbocycles. The molecule has 0 aliphatic heterocycles. The van der Waals surface area contributed by atoms with E-state index < -0.39 is 0 Å². The van der Waals surface area contributed by atoms with Crippen LogP contribution < -0.4 is 5.73 Å². The minimum absolute atomic E-state index is 0.187. The predicted octanol–water partition coefficient (Wildman–Crippen LogP) is 3.74. The summed E-state index contributed by atoms with van der Waals surface area (Å²) in [5.41, 5.74) is 7.38. The van der Waals surface area contributed by atoms with Gasteiger partial charge >= 0.3 is 0 Å². The second-order valence-electron chi connectivity index (χ2n) is 3.95. The first-order chi connectivity index (χ1) is 6.66. The summed E-state index contributed by atoms with van der Waals surface area (Å²) in [7, 11) is 0. The van der Waals surface area contributed by atoms with Gasteiger partial charge in [-0.2, -0.15) is 0 Å². The molecule has 1 aliphatic carbocycles. The van der Waals surface area contributed by atoms with Gasteiger partial charge in [0.05, 0.1) is 0 Å². The molecule has 0 amide bonds. The minimum Gasteiger partial charge on any atom is -0.324 e. The zero-order chi connectivity index (χ0) is 10.1. The summed E-state index contributed by atoms with van der Waals surface area (Å²) in [6.07, 6.45) is 3.84. The molecule has 0 heterocycles. The Labute approximate surface area is 103 Å². The van der Waals surface area contributed by atoms with E-state index in [0.717, 1.165) is 17.4 Å². The van der Waals surface area contributed by atoms with Crippen LogP contribution in [0.25, 0.3) is 0 Å². The lowest BCUT2D eigenvalue weighted by Gasteiger charge is -2.13. The monoisotopic (exact) mass is 321 g/mol. The molecule has 0 radical (unpaired) electrons. The number of benzene rings is 1. The van der Waals surface area contributed by atoms with Gasteiger partial charge in [-0.05, 0) is 52.6 Å². The van der Waals surface area contributed by atoms with E-state index in [2.05, 4.69) is 28.7 Å². The van der Waals surface area contributed by atoms with Crippen LogP contribution >= 0.6 is 34.2 Å². The Balaban J connectivity index is 2.13. The summed E-state index contributed by atoms with van der Waals surface area (Å²) in [5, 5.41) is 0.789. The Hall–Kier alpha value is 0.200. The van der Waals surface area contributed by atoms with Gasteiger partial charge in [0.1, 0.15) is 0 Å². The third-order valence-electron chi connectivity index (χ3n) is 2.65. The Morgan fingerprint density at radius 1 is 1.50 bits per heavy atom. The van der Waals surface area contributed by atoms with Gasteiger partial charge in [0.25, 0.3) is 0 Å². The maximum atomic E-state index is 6.14. The number of hydrogen-bond donors (Lipinski definition) is 1. The smallest absolute Gasteiger partial charge is 0.0416 e. The maximum Gasteiger partial charge on any atom is 0.0416 e. The van der Waals surface area contributed by atoms with Crippen LogP contribution in [-0.4, -0.2) is 0 Å². The van der Waals surface area contributed by atoms with Crippen molar-refractivity contribution in [1.29, 1.82) is 0 Å². The predicted molar refractivity (Wildman–Crippen MR) is 68.4 cm³/mol. The number of halogens is 2.